The van der Waals surface area contributed by atoms with Crippen LogP contribution in [0.15, 0.2) is 54.7 Å². The van der Waals surface area contributed by atoms with Crippen molar-refractivity contribution in [3.05, 3.63) is 58.3 Å². The molecule has 0 aliphatic heterocycles. The van der Waals surface area contributed by atoms with Crippen molar-refractivity contribution in [2.45, 2.75) is 0 Å². The highest BCUT2D eigenvalue weighted by Crippen LogP contribution is 2.24. The summed E-state index contributed by atoms with van der Waals surface area (Å²) in [5.41, 5.74) is 5.25. The fraction of sp³-hybridized carbons (Fsp3) is 0. The van der Waals surface area contributed by atoms with Crippen LogP contribution in [-0.2, 0) is 0 Å². The SMILES string of the molecule is Ic1ccc2nc(-c3ccc(-c4ccn[nH]4)cc3)[nH]c2c1. The molecule has 0 atom stereocenters. The molecule has 0 saturated heterocycles. The maximum Gasteiger partial charge on any atom is 0.138 e. The lowest BCUT2D eigenvalue weighted by molar-refractivity contribution is 1.10. The smallest absolute Gasteiger partial charge is 0.138 e. The minimum Gasteiger partial charge on any atom is -0.338 e. The Labute approximate surface area is 134 Å². The van der Waals surface area contributed by atoms with Crippen molar-refractivity contribution in [2.75, 3.05) is 0 Å². The van der Waals surface area contributed by atoms with Gasteiger partial charge in [0, 0.05) is 15.3 Å². The molecule has 21 heavy (non-hydrogen) atoms. The largest absolute Gasteiger partial charge is 0.338 e. The van der Waals surface area contributed by atoms with Crippen molar-refractivity contribution in [3.8, 4) is 22.6 Å². The molecule has 0 fully saturated rings. The quantitative estimate of drug-likeness (QED) is 0.507. The third kappa shape index (κ3) is 2.33. The molecule has 2 heterocycles. The van der Waals surface area contributed by atoms with Crippen LogP contribution in [0.25, 0.3) is 33.7 Å². The van der Waals surface area contributed by atoms with Crippen molar-refractivity contribution >= 4 is 33.6 Å². The molecule has 0 radical (unpaired) electrons. The summed E-state index contributed by atoms with van der Waals surface area (Å²) in [6.07, 6.45) is 1.75. The van der Waals surface area contributed by atoms with Gasteiger partial charge >= 0.3 is 0 Å². The van der Waals surface area contributed by atoms with Crippen molar-refractivity contribution in [1.29, 1.82) is 0 Å². The first-order chi connectivity index (χ1) is 10.3. The van der Waals surface area contributed by atoms with E-state index in [0.717, 1.165) is 33.7 Å². The molecule has 0 aliphatic rings. The summed E-state index contributed by atoms with van der Waals surface area (Å²) in [5, 5.41) is 6.94. The van der Waals surface area contributed by atoms with E-state index < -0.39 is 0 Å². The molecule has 0 spiro atoms. The summed E-state index contributed by atoms with van der Waals surface area (Å²) < 4.78 is 1.20. The predicted octanol–water partition coefficient (Wildman–Crippen LogP) is 4.22. The van der Waals surface area contributed by atoms with Crippen LogP contribution in [-0.4, -0.2) is 20.2 Å². The Kier molecular flexibility index (Phi) is 2.99. The van der Waals surface area contributed by atoms with Crippen LogP contribution in [0.4, 0.5) is 0 Å². The molecule has 2 aromatic heterocycles. The van der Waals surface area contributed by atoms with Crippen LogP contribution in [0.1, 0.15) is 0 Å². The van der Waals surface area contributed by atoms with Crippen LogP contribution in [0.2, 0.25) is 0 Å². The van der Waals surface area contributed by atoms with Gasteiger partial charge in [-0.15, -0.1) is 0 Å². The highest BCUT2D eigenvalue weighted by Gasteiger charge is 2.06. The Morgan fingerprint density at radius 3 is 2.48 bits per heavy atom. The molecule has 5 heteroatoms. The third-order valence-electron chi connectivity index (χ3n) is 3.41. The van der Waals surface area contributed by atoms with E-state index in [4.69, 9.17) is 0 Å². The van der Waals surface area contributed by atoms with Gasteiger partial charge < -0.3 is 4.98 Å². The van der Waals surface area contributed by atoms with Crippen LogP contribution >= 0.6 is 22.6 Å². The highest BCUT2D eigenvalue weighted by atomic mass is 127. The number of H-pyrrole nitrogens is 2. The summed E-state index contributed by atoms with van der Waals surface area (Å²) >= 11 is 2.30. The zero-order valence-electron chi connectivity index (χ0n) is 11.0. The lowest BCUT2D eigenvalue weighted by Gasteiger charge is -2.00. The second-order valence-electron chi connectivity index (χ2n) is 4.79. The van der Waals surface area contributed by atoms with Gasteiger partial charge in [-0.2, -0.15) is 5.10 Å². The van der Waals surface area contributed by atoms with Crippen molar-refractivity contribution in [2.24, 2.45) is 0 Å². The van der Waals surface area contributed by atoms with Gasteiger partial charge in [0.25, 0.3) is 0 Å². The Morgan fingerprint density at radius 1 is 0.905 bits per heavy atom. The van der Waals surface area contributed by atoms with Gasteiger partial charge in [-0.3, -0.25) is 5.10 Å². The van der Waals surface area contributed by atoms with Gasteiger partial charge in [0.1, 0.15) is 5.82 Å². The number of nitrogens with one attached hydrogen (secondary N) is 2. The number of nitrogens with zero attached hydrogens (tertiary/aromatic N) is 2. The van der Waals surface area contributed by atoms with E-state index in [1.165, 1.54) is 3.57 Å². The second-order valence-corrected chi connectivity index (χ2v) is 6.04. The van der Waals surface area contributed by atoms with E-state index in [9.17, 15) is 0 Å². The average molecular weight is 386 g/mol. The second kappa shape index (κ2) is 5.00. The number of halogens is 1. The molecule has 4 aromatic rings. The number of aromatic amines is 2. The average Bonchev–Trinajstić information content (AvgIpc) is 3.16. The van der Waals surface area contributed by atoms with Crippen molar-refractivity contribution in [1.82, 2.24) is 20.2 Å². The maximum absolute atomic E-state index is 4.64. The summed E-state index contributed by atoms with van der Waals surface area (Å²) in [5.74, 6) is 0.892. The van der Waals surface area contributed by atoms with Gasteiger partial charge in [-0.25, -0.2) is 4.98 Å². The molecule has 0 unspecified atom stereocenters. The zero-order chi connectivity index (χ0) is 14.2. The fourth-order valence-electron chi connectivity index (χ4n) is 2.34. The zero-order valence-corrected chi connectivity index (χ0v) is 13.1. The van der Waals surface area contributed by atoms with Gasteiger partial charge in [-0.05, 0) is 52.4 Å². The van der Waals surface area contributed by atoms with Crippen LogP contribution in [0.5, 0.6) is 0 Å². The Bertz CT molecular complexity index is 892. The summed E-state index contributed by atoms with van der Waals surface area (Å²) in [4.78, 5) is 8.01. The Morgan fingerprint density at radius 2 is 1.71 bits per heavy atom. The highest BCUT2D eigenvalue weighted by molar-refractivity contribution is 14.1. The standard InChI is InChI=1S/C16H11IN4/c17-12-5-6-14-15(9-12)20-16(19-14)11-3-1-10(2-4-11)13-7-8-18-21-13/h1-9H,(H,18,21)(H,19,20). The first kappa shape index (κ1) is 12.6. The molecule has 0 saturated carbocycles. The summed E-state index contributed by atoms with van der Waals surface area (Å²) in [7, 11) is 0. The molecular weight excluding hydrogens is 375 g/mol. The number of fused-ring (bicyclic) bond motifs is 1. The number of imidazole rings is 1. The van der Waals surface area contributed by atoms with Crippen molar-refractivity contribution < 1.29 is 0 Å². The molecular formula is C16H11IN4. The summed E-state index contributed by atoms with van der Waals surface area (Å²) in [6, 6.07) is 16.4. The lowest BCUT2D eigenvalue weighted by Crippen LogP contribution is -1.82. The van der Waals surface area contributed by atoms with Gasteiger partial charge in [0.15, 0.2) is 0 Å². The van der Waals surface area contributed by atoms with Gasteiger partial charge in [-0.1, -0.05) is 24.3 Å². The molecule has 0 bridgehead atoms. The molecule has 4 nitrogen and oxygen atoms in total. The number of hydrogen-bond donors (Lipinski definition) is 2. The lowest BCUT2D eigenvalue weighted by atomic mass is 10.1. The Hall–Kier alpha value is -2.15. The summed E-state index contributed by atoms with van der Waals surface area (Å²) in [6.45, 7) is 0. The third-order valence-corrected chi connectivity index (χ3v) is 4.08. The van der Waals surface area contributed by atoms with E-state index in [1.807, 2.05) is 12.1 Å². The molecule has 0 amide bonds. The molecule has 102 valence electrons. The van der Waals surface area contributed by atoms with Gasteiger partial charge in [0.05, 0.1) is 16.7 Å². The van der Waals surface area contributed by atoms with Crippen LogP contribution < -0.4 is 0 Å². The maximum atomic E-state index is 4.64. The first-order valence-electron chi connectivity index (χ1n) is 6.55. The van der Waals surface area contributed by atoms with E-state index in [1.54, 1.807) is 6.20 Å². The monoisotopic (exact) mass is 386 g/mol. The normalized spacial score (nSPS) is 11.1. The van der Waals surface area contributed by atoms with Crippen LogP contribution in [0.3, 0.4) is 0 Å². The predicted molar refractivity (Wildman–Crippen MR) is 91.8 cm³/mol. The molecule has 2 N–H and O–H groups in total. The van der Waals surface area contributed by atoms with E-state index in [-0.39, 0.29) is 0 Å². The number of aromatic nitrogens is 4. The van der Waals surface area contributed by atoms with Crippen LogP contribution in [0, 0.1) is 3.57 Å². The number of hydrogen-bond acceptors (Lipinski definition) is 2. The number of rotatable bonds is 2. The minimum absolute atomic E-state index is 0.892. The van der Waals surface area contributed by atoms with E-state index in [2.05, 4.69) is 79.2 Å². The van der Waals surface area contributed by atoms with Gasteiger partial charge in [0.2, 0.25) is 0 Å². The van der Waals surface area contributed by atoms with E-state index >= 15 is 0 Å². The minimum atomic E-state index is 0.892. The Balaban J connectivity index is 1.74. The topological polar surface area (TPSA) is 57.4 Å². The molecule has 4 rings (SSSR count). The number of benzene rings is 2. The van der Waals surface area contributed by atoms with Crippen molar-refractivity contribution in [3.63, 3.8) is 0 Å². The molecule has 0 aliphatic carbocycles. The van der Waals surface area contributed by atoms with E-state index in [0.29, 0.717) is 0 Å². The first-order valence-corrected chi connectivity index (χ1v) is 7.63. The molecule has 2 aromatic carbocycles. The fourth-order valence-corrected chi connectivity index (χ4v) is 2.83.